The molecule has 62 heavy (non-hydrogen) atoms. The SMILES string of the molecule is CO[C@@H]1C[C@H](c2ccc(C(=O)N3CCC(F)(CN4CCC(n5ccc6cc(N7CCC(=O)NC7=O)ccc65)CC4)CC3)cc2C)CN(c2cc(-c3ccccc3O)nnc2N)C1. The zero-order valence-corrected chi connectivity index (χ0v) is 35.3. The van der Waals surface area contributed by atoms with E-state index in [9.17, 15) is 19.5 Å². The second kappa shape index (κ2) is 17.0. The lowest BCUT2D eigenvalue weighted by Gasteiger charge is -2.41. The van der Waals surface area contributed by atoms with E-state index in [0.29, 0.717) is 74.7 Å². The van der Waals surface area contributed by atoms with Crippen LogP contribution in [0.25, 0.3) is 22.2 Å². The number of carbonyl (C=O) groups excluding carboxylic acids is 3. The number of likely N-dealkylation sites (tertiary alicyclic amines) is 2. The second-order valence-corrected chi connectivity index (χ2v) is 17.5. The Morgan fingerprint density at radius 3 is 2.50 bits per heavy atom. The van der Waals surface area contributed by atoms with Crippen LogP contribution in [-0.2, 0) is 9.53 Å². The summed E-state index contributed by atoms with van der Waals surface area (Å²) in [6, 6.07) is 22.7. The number of benzene rings is 3. The Kier molecular flexibility index (Phi) is 11.3. The maximum absolute atomic E-state index is 16.4. The Morgan fingerprint density at radius 1 is 0.968 bits per heavy atom. The van der Waals surface area contributed by atoms with Gasteiger partial charge in [-0.2, -0.15) is 0 Å². The van der Waals surface area contributed by atoms with E-state index in [0.717, 1.165) is 65.8 Å². The third-order valence-corrected chi connectivity index (χ3v) is 13.5. The van der Waals surface area contributed by atoms with Crippen molar-refractivity contribution >= 4 is 45.9 Å². The van der Waals surface area contributed by atoms with E-state index in [1.807, 2.05) is 55.5 Å². The molecule has 4 amide bonds. The number of fused-ring (bicyclic) bond motifs is 1. The molecule has 4 aliphatic heterocycles. The summed E-state index contributed by atoms with van der Waals surface area (Å²) < 4.78 is 24.6. The van der Waals surface area contributed by atoms with Crippen LogP contribution in [0, 0.1) is 6.92 Å². The van der Waals surface area contributed by atoms with Gasteiger partial charge in [0.2, 0.25) is 5.91 Å². The molecule has 5 aromatic rings. The number of phenolic OH excluding ortho intramolecular Hbond substituents is 1. The van der Waals surface area contributed by atoms with Crippen molar-refractivity contribution in [3.05, 3.63) is 95.7 Å². The third-order valence-electron chi connectivity index (χ3n) is 13.5. The Hall–Kier alpha value is -6.06. The van der Waals surface area contributed by atoms with E-state index in [1.165, 1.54) is 0 Å². The number of nitrogens with one attached hydrogen (secondary N) is 1. The molecule has 4 fully saturated rings. The molecule has 0 saturated carbocycles. The van der Waals surface area contributed by atoms with Crippen LogP contribution in [0.1, 0.15) is 72.0 Å². The molecule has 0 bridgehead atoms. The lowest BCUT2D eigenvalue weighted by atomic mass is 9.85. The number of nitrogens with two attached hydrogens (primary N) is 1. The van der Waals surface area contributed by atoms with Crippen molar-refractivity contribution in [2.24, 2.45) is 0 Å². The van der Waals surface area contributed by atoms with Crippen molar-refractivity contribution in [3.8, 4) is 17.0 Å². The van der Waals surface area contributed by atoms with Crippen LogP contribution in [0.3, 0.4) is 0 Å². The molecule has 4 aliphatic rings. The molecule has 0 spiro atoms. The van der Waals surface area contributed by atoms with Gasteiger partial charge in [-0.3, -0.25) is 19.8 Å². The summed E-state index contributed by atoms with van der Waals surface area (Å²) in [7, 11) is 1.71. The molecule has 0 radical (unpaired) electrons. The summed E-state index contributed by atoms with van der Waals surface area (Å²) in [5.74, 6) is 0.178. The van der Waals surface area contributed by atoms with Gasteiger partial charge in [0.15, 0.2) is 5.82 Å². The number of alkyl halides is 1. The number of amides is 4. The number of carbonyl (C=O) groups is 3. The number of nitrogen functional groups attached to an aromatic ring is 1. The Morgan fingerprint density at radius 2 is 1.76 bits per heavy atom. The molecular formula is C47H54FN9O5. The normalized spacial score (nSPS) is 21.4. The van der Waals surface area contributed by atoms with Crippen molar-refractivity contribution in [2.75, 3.05) is 75.0 Å². The van der Waals surface area contributed by atoms with Crippen LogP contribution in [-0.4, -0.2) is 119 Å². The minimum Gasteiger partial charge on any atom is -0.507 e. The van der Waals surface area contributed by atoms with E-state index in [2.05, 4.69) is 42.1 Å². The molecule has 14 nitrogen and oxygen atoms in total. The van der Waals surface area contributed by atoms with Gasteiger partial charge in [-0.05, 0) is 91.9 Å². The summed E-state index contributed by atoms with van der Waals surface area (Å²) in [5, 5.41) is 22.4. The van der Waals surface area contributed by atoms with Gasteiger partial charge in [-0.25, -0.2) is 9.18 Å². The lowest BCUT2D eigenvalue weighted by molar-refractivity contribution is -0.120. The van der Waals surface area contributed by atoms with Crippen LogP contribution in [0.5, 0.6) is 5.75 Å². The minimum atomic E-state index is -1.36. The number of imide groups is 1. The molecule has 4 N–H and O–H groups in total. The van der Waals surface area contributed by atoms with Crippen LogP contribution in [0.15, 0.2) is 79.0 Å². The molecular weight excluding hydrogens is 790 g/mol. The molecule has 3 aromatic carbocycles. The first kappa shape index (κ1) is 41.3. The first-order chi connectivity index (χ1) is 29.9. The summed E-state index contributed by atoms with van der Waals surface area (Å²) in [6.07, 6.45) is 5.52. The Labute approximate surface area is 360 Å². The second-order valence-electron chi connectivity index (χ2n) is 17.5. The third kappa shape index (κ3) is 8.30. The van der Waals surface area contributed by atoms with Crippen LogP contribution in [0.2, 0.25) is 0 Å². The average Bonchev–Trinajstić information content (AvgIpc) is 3.70. The van der Waals surface area contributed by atoms with E-state index < -0.39 is 11.7 Å². The number of aromatic hydroxyl groups is 1. The highest BCUT2D eigenvalue weighted by atomic mass is 19.1. The molecule has 2 atom stereocenters. The van der Waals surface area contributed by atoms with E-state index >= 15 is 4.39 Å². The number of ether oxygens (including phenoxy) is 1. The molecule has 9 rings (SSSR count). The number of hydrogen-bond donors (Lipinski definition) is 3. The predicted octanol–water partition coefficient (Wildman–Crippen LogP) is 6.43. The number of hydrogen-bond acceptors (Lipinski definition) is 10. The van der Waals surface area contributed by atoms with Gasteiger partial charge in [-0.1, -0.05) is 18.2 Å². The molecule has 324 valence electrons. The molecule has 2 aromatic heterocycles. The van der Waals surface area contributed by atoms with Crippen molar-refractivity contribution in [1.29, 1.82) is 0 Å². The first-order valence-corrected chi connectivity index (χ1v) is 21.7. The predicted molar refractivity (Wildman–Crippen MR) is 236 cm³/mol. The van der Waals surface area contributed by atoms with Gasteiger partial charge in [0, 0.05) is 125 Å². The summed E-state index contributed by atoms with van der Waals surface area (Å²) in [5.41, 5.74) is 11.5. The van der Waals surface area contributed by atoms with E-state index in [-0.39, 0.29) is 42.0 Å². The van der Waals surface area contributed by atoms with Gasteiger partial charge in [0.1, 0.15) is 11.4 Å². The highest BCUT2D eigenvalue weighted by Crippen LogP contribution is 2.38. The highest BCUT2D eigenvalue weighted by molar-refractivity contribution is 6.06. The highest BCUT2D eigenvalue weighted by Gasteiger charge is 2.39. The molecule has 15 heteroatoms. The summed E-state index contributed by atoms with van der Waals surface area (Å²) in [6.45, 7) is 6.36. The number of aryl methyl sites for hydroxylation is 1. The Balaban J connectivity index is 0.791. The molecule has 0 unspecified atom stereocenters. The largest absolute Gasteiger partial charge is 0.507 e. The van der Waals surface area contributed by atoms with Crippen LogP contribution >= 0.6 is 0 Å². The number of halogens is 1. The smallest absolute Gasteiger partial charge is 0.328 e. The lowest BCUT2D eigenvalue weighted by Crippen LogP contribution is -2.51. The number of nitrogens with zero attached hydrogens (tertiary/aromatic N) is 7. The van der Waals surface area contributed by atoms with E-state index in [4.69, 9.17) is 10.5 Å². The summed E-state index contributed by atoms with van der Waals surface area (Å²) >= 11 is 0. The van der Waals surface area contributed by atoms with Crippen molar-refractivity contribution in [3.63, 3.8) is 0 Å². The topological polar surface area (TPSA) is 162 Å². The fourth-order valence-electron chi connectivity index (χ4n) is 10.0. The minimum absolute atomic E-state index is 0.0709. The first-order valence-electron chi connectivity index (χ1n) is 21.7. The van der Waals surface area contributed by atoms with Crippen LogP contribution in [0.4, 0.5) is 26.4 Å². The number of para-hydroxylation sites is 1. The number of rotatable bonds is 9. The van der Waals surface area contributed by atoms with Gasteiger partial charge >= 0.3 is 6.03 Å². The van der Waals surface area contributed by atoms with Gasteiger partial charge < -0.3 is 34.8 Å². The monoisotopic (exact) mass is 843 g/mol. The standard InChI is InChI=1S/C47H54FN9O5/c1-30-23-32(7-9-37(30)33-25-36(62-2)28-55(27-33)41-26-39(51-52-44(41)49)38-5-3-4-6-42(38)58)45(60)54-21-15-47(48,16-22-54)29-53-17-12-34(13-18-53)56-19-11-31-24-35(8-10-40(31)56)57-20-14-43(59)50-46(57)61/h3-11,19,23-24,26,33-34,36,58H,12-18,20-22,25,27-29H2,1-2H3,(H2,49,52)(H,50,59,61)/t33-,36+/m0/s1. The zero-order chi connectivity index (χ0) is 43.1. The fourth-order valence-corrected chi connectivity index (χ4v) is 10.0. The quantitative estimate of drug-likeness (QED) is 0.151. The number of urea groups is 1. The number of phenols is 1. The number of anilines is 3. The van der Waals surface area contributed by atoms with Crippen LogP contribution < -0.4 is 20.9 Å². The number of aromatic nitrogens is 3. The van der Waals surface area contributed by atoms with Gasteiger partial charge in [-0.15, -0.1) is 10.2 Å². The van der Waals surface area contributed by atoms with Gasteiger partial charge in [0.05, 0.1) is 17.5 Å². The maximum atomic E-state index is 16.4. The van der Waals surface area contributed by atoms with Gasteiger partial charge in [0.25, 0.3) is 5.91 Å². The zero-order valence-electron chi connectivity index (χ0n) is 35.3. The molecule has 0 aliphatic carbocycles. The number of piperidine rings is 3. The summed E-state index contributed by atoms with van der Waals surface area (Å²) in [4.78, 5) is 45.6. The van der Waals surface area contributed by atoms with Crippen molar-refractivity contribution in [1.82, 2.24) is 29.9 Å². The molecule has 4 saturated heterocycles. The average molecular weight is 844 g/mol. The fraction of sp³-hybridized carbons (Fsp3) is 0.426. The van der Waals surface area contributed by atoms with Crippen molar-refractivity contribution in [2.45, 2.75) is 69.2 Å². The Bertz CT molecular complexity index is 2490. The number of methoxy groups -OCH3 is 1. The maximum Gasteiger partial charge on any atom is 0.328 e. The molecule has 6 heterocycles. The van der Waals surface area contributed by atoms with Crippen molar-refractivity contribution < 1.29 is 28.6 Å². The van der Waals surface area contributed by atoms with E-state index in [1.54, 1.807) is 35.1 Å².